The molecule has 0 aliphatic carbocycles. The van der Waals surface area contributed by atoms with Crippen molar-refractivity contribution in [3.05, 3.63) is 53.1 Å². The fraction of sp³-hybridized carbons (Fsp3) is 0.294. The molecule has 21 heavy (non-hydrogen) atoms. The van der Waals surface area contributed by atoms with Crippen molar-refractivity contribution in [2.75, 3.05) is 14.2 Å². The highest BCUT2D eigenvalue weighted by molar-refractivity contribution is 5.40. The molecule has 2 rings (SSSR count). The topological polar surface area (TPSA) is 53.7 Å². The zero-order chi connectivity index (χ0) is 15.2. The van der Waals surface area contributed by atoms with Gasteiger partial charge < -0.3 is 19.9 Å². The van der Waals surface area contributed by atoms with Gasteiger partial charge in [0.25, 0.3) is 0 Å². The number of nitrogens with two attached hydrogens (primary N) is 1. The second kappa shape index (κ2) is 6.99. The van der Waals surface area contributed by atoms with Crippen molar-refractivity contribution >= 4 is 0 Å². The lowest BCUT2D eigenvalue weighted by Crippen LogP contribution is -2.02. The van der Waals surface area contributed by atoms with Crippen LogP contribution in [0.4, 0.5) is 0 Å². The summed E-state index contributed by atoms with van der Waals surface area (Å²) in [6.07, 6.45) is 0. The maximum atomic E-state index is 5.86. The summed E-state index contributed by atoms with van der Waals surface area (Å²) in [5.74, 6) is 2.30. The van der Waals surface area contributed by atoms with Crippen molar-refractivity contribution in [3.63, 3.8) is 0 Å². The lowest BCUT2D eigenvalue weighted by Gasteiger charge is -2.13. The average molecular weight is 287 g/mol. The molecule has 0 aliphatic rings. The third-order valence-corrected chi connectivity index (χ3v) is 3.24. The number of methoxy groups -OCH3 is 2. The first-order valence-corrected chi connectivity index (χ1v) is 6.80. The first-order chi connectivity index (χ1) is 10.2. The fourth-order valence-corrected chi connectivity index (χ4v) is 2.13. The van der Waals surface area contributed by atoms with Gasteiger partial charge in [0.15, 0.2) is 0 Å². The Morgan fingerprint density at radius 1 is 0.952 bits per heavy atom. The monoisotopic (exact) mass is 287 g/mol. The lowest BCUT2D eigenvalue weighted by atomic mass is 10.1. The number of rotatable bonds is 6. The number of hydrogen-bond acceptors (Lipinski definition) is 4. The van der Waals surface area contributed by atoms with Crippen LogP contribution >= 0.6 is 0 Å². The van der Waals surface area contributed by atoms with Gasteiger partial charge in [-0.2, -0.15) is 0 Å². The van der Waals surface area contributed by atoms with E-state index in [-0.39, 0.29) is 0 Å². The van der Waals surface area contributed by atoms with E-state index in [1.165, 1.54) is 5.56 Å². The number of hydrogen-bond donors (Lipinski definition) is 1. The van der Waals surface area contributed by atoms with Crippen molar-refractivity contribution in [1.82, 2.24) is 0 Å². The largest absolute Gasteiger partial charge is 0.497 e. The maximum absolute atomic E-state index is 5.86. The van der Waals surface area contributed by atoms with Gasteiger partial charge in [0.2, 0.25) is 0 Å². The van der Waals surface area contributed by atoms with Gasteiger partial charge >= 0.3 is 0 Å². The third kappa shape index (κ3) is 3.89. The van der Waals surface area contributed by atoms with Crippen LogP contribution in [0.5, 0.6) is 17.2 Å². The summed E-state index contributed by atoms with van der Waals surface area (Å²) in [4.78, 5) is 0. The van der Waals surface area contributed by atoms with E-state index in [1.807, 2.05) is 37.3 Å². The van der Waals surface area contributed by atoms with Gasteiger partial charge in [0, 0.05) is 18.2 Å². The maximum Gasteiger partial charge on any atom is 0.125 e. The predicted octanol–water partition coefficient (Wildman–Crippen LogP) is 3.05. The summed E-state index contributed by atoms with van der Waals surface area (Å²) >= 11 is 0. The Morgan fingerprint density at radius 3 is 2.38 bits per heavy atom. The van der Waals surface area contributed by atoms with Crippen LogP contribution in [0.1, 0.15) is 16.7 Å². The minimum atomic E-state index is 0.433. The van der Waals surface area contributed by atoms with Crippen molar-refractivity contribution in [3.8, 4) is 17.2 Å². The van der Waals surface area contributed by atoms with Crippen molar-refractivity contribution in [2.24, 2.45) is 5.73 Å². The van der Waals surface area contributed by atoms with Crippen molar-refractivity contribution in [2.45, 2.75) is 20.1 Å². The van der Waals surface area contributed by atoms with Crippen LogP contribution in [-0.4, -0.2) is 14.2 Å². The van der Waals surface area contributed by atoms with E-state index in [2.05, 4.69) is 6.07 Å². The predicted molar refractivity (Wildman–Crippen MR) is 82.9 cm³/mol. The summed E-state index contributed by atoms with van der Waals surface area (Å²) in [5, 5.41) is 0. The van der Waals surface area contributed by atoms with Crippen LogP contribution < -0.4 is 19.9 Å². The molecule has 0 heterocycles. The van der Waals surface area contributed by atoms with Gasteiger partial charge in [-0.25, -0.2) is 0 Å². The molecule has 0 amide bonds. The molecule has 2 aromatic carbocycles. The van der Waals surface area contributed by atoms with Gasteiger partial charge in [-0.3, -0.25) is 0 Å². The van der Waals surface area contributed by atoms with Gasteiger partial charge in [0.05, 0.1) is 14.2 Å². The normalized spacial score (nSPS) is 10.3. The standard InChI is InChI=1S/C17H21NO3/c1-12-4-5-17(20-3)14(6-12)11-21-16-8-13(10-18)7-15(9-16)19-2/h4-9H,10-11,18H2,1-3H3. The molecule has 0 fully saturated rings. The molecular formula is C17H21NO3. The van der Waals surface area contributed by atoms with E-state index < -0.39 is 0 Å². The third-order valence-electron chi connectivity index (χ3n) is 3.24. The molecule has 0 unspecified atom stereocenters. The van der Waals surface area contributed by atoms with E-state index in [4.69, 9.17) is 19.9 Å². The second-order valence-electron chi connectivity index (χ2n) is 4.82. The Labute approximate surface area is 125 Å². The summed E-state index contributed by atoms with van der Waals surface area (Å²) in [6.45, 7) is 2.92. The Morgan fingerprint density at radius 2 is 1.71 bits per heavy atom. The zero-order valence-electron chi connectivity index (χ0n) is 12.7. The highest BCUT2D eigenvalue weighted by atomic mass is 16.5. The van der Waals surface area contributed by atoms with Crippen molar-refractivity contribution < 1.29 is 14.2 Å². The molecule has 4 heteroatoms. The molecule has 0 saturated carbocycles. The summed E-state index contributed by atoms with van der Waals surface area (Å²) < 4.78 is 16.5. The Hall–Kier alpha value is -2.20. The smallest absolute Gasteiger partial charge is 0.125 e. The highest BCUT2D eigenvalue weighted by Crippen LogP contribution is 2.25. The molecular weight excluding hydrogens is 266 g/mol. The van der Waals surface area contributed by atoms with Crippen molar-refractivity contribution in [1.29, 1.82) is 0 Å². The minimum Gasteiger partial charge on any atom is -0.497 e. The molecule has 2 N–H and O–H groups in total. The van der Waals surface area contributed by atoms with E-state index in [9.17, 15) is 0 Å². The summed E-state index contributed by atoms with van der Waals surface area (Å²) in [7, 11) is 3.29. The zero-order valence-corrected chi connectivity index (χ0v) is 12.7. The summed E-state index contributed by atoms with van der Waals surface area (Å²) in [6, 6.07) is 11.7. The molecule has 0 aliphatic heterocycles. The first kappa shape index (κ1) is 15.2. The quantitative estimate of drug-likeness (QED) is 0.887. The SMILES string of the molecule is COc1cc(CN)cc(OCc2cc(C)ccc2OC)c1. The molecule has 0 atom stereocenters. The Bertz CT molecular complexity index is 589. The van der Waals surface area contributed by atoms with Crippen LogP contribution in [0.3, 0.4) is 0 Å². The van der Waals surface area contributed by atoms with Crippen LogP contribution in [0, 0.1) is 6.92 Å². The van der Waals surface area contributed by atoms with E-state index in [0.29, 0.717) is 13.2 Å². The highest BCUT2D eigenvalue weighted by Gasteiger charge is 2.06. The van der Waals surface area contributed by atoms with E-state index in [0.717, 1.165) is 28.4 Å². The average Bonchev–Trinajstić information content (AvgIpc) is 2.52. The molecule has 0 spiro atoms. The second-order valence-corrected chi connectivity index (χ2v) is 4.82. The number of benzene rings is 2. The van der Waals surface area contributed by atoms with Crippen LogP contribution in [-0.2, 0) is 13.2 Å². The van der Waals surface area contributed by atoms with Gasteiger partial charge in [-0.1, -0.05) is 11.6 Å². The summed E-state index contributed by atoms with van der Waals surface area (Å²) in [5.41, 5.74) is 8.83. The number of ether oxygens (including phenoxy) is 3. The van der Waals surface area contributed by atoms with Gasteiger partial charge in [-0.15, -0.1) is 0 Å². The fourth-order valence-electron chi connectivity index (χ4n) is 2.13. The van der Waals surface area contributed by atoms with Gasteiger partial charge in [-0.05, 0) is 36.8 Å². The molecule has 4 nitrogen and oxygen atoms in total. The molecule has 0 radical (unpaired) electrons. The molecule has 0 bridgehead atoms. The van der Waals surface area contributed by atoms with E-state index >= 15 is 0 Å². The Balaban J connectivity index is 2.18. The number of aryl methyl sites for hydroxylation is 1. The molecule has 0 saturated heterocycles. The van der Waals surface area contributed by atoms with E-state index in [1.54, 1.807) is 14.2 Å². The van der Waals surface area contributed by atoms with Crippen LogP contribution in [0.2, 0.25) is 0 Å². The molecule has 112 valence electrons. The van der Waals surface area contributed by atoms with Crippen LogP contribution in [0.25, 0.3) is 0 Å². The lowest BCUT2D eigenvalue weighted by molar-refractivity contribution is 0.294. The molecule has 0 aromatic heterocycles. The minimum absolute atomic E-state index is 0.433. The molecule has 2 aromatic rings. The van der Waals surface area contributed by atoms with Gasteiger partial charge in [0.1, 0.15) is 23.9 Å². The first-order valence-electron chi connectivity index (χ1n) is 6.80. The Kier molecular flexibility index (Phi) is 5.06. The van der Waals surface area contributed by atoms with Crippen LogP contribution in [0.15, 0.2) is 36.4 Å².